The lowest BCUT2D eigenvalue weighted by atomic mass is 9.93. The summed E-state index contributed by atoms with van der Waals surface area (Å²) in [6.45, 7) is 3.42. The molecule has 1 heterocycles. The van der Waals surface area contributed by atoms with Gasteiger partial charge in [-0.1, -0.05) is 12.6 Å². The van der Waals surface area contributed by atoms with Gasteiger partial charge in [0.15, 0.2) is 0 Å². The van der Waals surface area contributed by atoms with Crippen LogP contribution in [0.25, 0.3) is 33.4 Å². The number of hydrogen-bond acceptors (Lipinski definition) is 5. The molecular formula is C28H22F2N2O5. The van der Waals surface area contributed by atoms with E-state index >= 15 is 0 Å². The highest BCUT2D eigenvalue weighted by Gasteiger charge is 2.24. The van der Waals surface area contributed by atoms with E-state index in [1.165, 1.54) is 50.6 Å². The third kappa shape index (κ3) is 4.97. The Morgan fingerprint density at radius 2 is 1.70 bits per heavy atom. The van der Waals surface area contributed by atoms with Gasteiger partial charge in [0.25, 0.3) is 11.8 Å². The summed E-state index contributed by atoms with van der Waals surface area (Å²) in [5.74, 6) is -2.67. The summed E-state index contributed by atoms with van der Waals surface area (Å²) in [6, 6.07) is 12.6. The first-order valence-electron chi connectivity index (χ1n) is 11.1. The number of amides is 2. The van der Waals surface area contributed by atoms with Crippen molar-refractivity contribution >= 4 is 28.8 Å². The van der Waals surface area contributed by atoms with Crippen LogP contribution in [0.1, 0.15) is 26.3 Å². The number of methoxy groups -OCH3 is 1. The van der Waals surface area contributed by atoms with Crippen molar-refractivity contribution < 1.29 is 32.3 Å². The molecule has 0 unspecified atom stereocenters. The molecule has 0 radical (unpaired) electrons. The number of ether oxygens (including phenoxy) is 1. The minimum absolute atomic E-state index is 0.158. The highest BCUT2D eigenvalue weighted by molar-refractivity contribution is 6.12. The number of carbonyl (C=O) groups is 3. The minimum atomic E-state index is -0.744. The van der Waals surface area contributed by atoms with Crippen LogP contribution < -0.4 is 10.6 Å². The second kappa shape index (κ2) is 10.4. The van der Waals surface area contributed by atoms with Gasteiger partial charge in [0, 0.05) is 18.0 Å². The molecule has 4 rings (SSSR count). The molecule has 0 aliphatic heterocycles. The minimum Gasteiger partial charge on any atom is -0.469 e. The molecule has 0 fully saturated rings. The number of hydrogen-bond donors (Lipinski definition) is 2. The van der Waals surface area contributed by atoms with E-state index in [4.69, 9.17) is 9.15 Å². The van der Waals surface area contributed by atoms with Crippen LogP contribution in [0.4, 0.5) is 8.78 Å². The van der Waals surface area contributed by atoms with Crippen molar-refractivity contribution in [2.75, 3.05) is 14.2 Å². The third-order valence-corrected chi connectivity index (χ3v) is 5.79. The molecule has 2 amide bonds. The Morgan fingerprint density at radius 1 is 1.00 bits per heavy atom. The van der Waals surface area contributed by atoms with Gasteiger partial charge in [0.2, 0.25) is 0 Å². The van der Waals surface area contributed by atoms with E-state index in [9.17, 15) is 23.2 Å². The maximum Gasteiger partial charge on any atom is 0.310 e. The SMILES string of the molecule is C=CNC(=O)c1cc(-c2cc3c(C(=O)NC)c(-c4ccc(F)cc4)oc3cc2CC(=O)OC)ccc1F. The maximum absolute atomic E-state index is 14.4. The first-order valence-corrected chi connectivity index (χ1v) is 11.1. The van der Waals surface area contributed by atoms with E-state index in [0.717, 1.165) is 12.3 Å². The predicted molar refractivity (Wildman–Crippen MR) is 134 cm³/mol. The second-order valence-electron chi connectivity index (χ2n) is 8.02. The number of esters is 1. The fourth-order valence-corrected chi connectivity index (χ4v) is 4.02. The summed E-state index contributed by atoms with van der Waals surface area (Å²) < 4.78 is 38.8. The summed E-state index contributed by atoms with van der Waals surface area (Å²) in [7, 11) is 2.71. The Labute approximate surface area is 210 Å². The Hall–Kier alpha value is -4.79. The third-order valence-electron chi connectivity index (χ3n) is 5.79. The monoisotopic (exact) mass is 504 g/mol. The quantitative estimate of drug-likeness (QED) is 0.346. The summed E-state index contributed by atoms with van der Waals surface area (Å²) in [6.07, 6.45) is 0.983. The number of benzene rings is 3. The first-order chi connectivity index (χ1) is 17.8. The van der Waals surface area contributed by atoms with Gasteiger partial charge in [0.05, 0.1) is 24.7 Å². The van der Waals surface area contributed by atoms with Gasteiger partial charge in [-0.3, -0.25) is 14.4 Å². The molecular weight excluding hydrogens is 482 g/mol. The molecule has 0 aliphatic carbocycles. The van der Waals surface area contributed by atoms with Crippen LogP contribution in [0.2, 0.25) is 0 Å². The molecule has 0 spiro atoms. The summed E-state index contributed by atoms with van der Waals surface area (Å²) in [5.41, 5.74) is 2.08. The van der Waals surface area contributed by atoms with Crippen molar-refractivity contribution in [2.45, 2.75) is 6.42 Å². The predicted octanol–water partition coefficient (Wildman–Crippen LogP) is 4.99. The topological polar surface area (TPSA) is 97.6 Å². The standard InChI is InChI=1S/C28H22F2N2O5/c1-4-32-27(34)20-11-16(7-10-22(20)30)19-14-21-23(12-17(19)13-24(33)36-3)37-26(25(21)28(35)31-2)15-5-8-18(29)9-6-15/h4-12,14H,1,13H2,2-3H3,(H,31,35)(H,32,34). The maximum atomic E-state index is 14.4. The van der Waals surface area contributed by atoms with Gasteiger partial charge in [-0.25, -0.2) is 8.78 Å². The van der Waals surface area contributed by atoms with Crippen molar-refractivity contribution in [1.29, 1.82) is 0 Å². The van der Waals surface area contributed by atoms with Crippen LogP contribution in [0, 0.1) is 11.6 Å². The lowest BCUT2D eigenvalue weighted by Crippen LogP contribution is -2.18. The number of halogens is 2. The number of fused-ring (bicyclic) bond motifs is 1. The molecule has 0 aliphatic rings. The van der Waals surface area contributed by atoms with E-state index in [0.29, 0.717) is 33.2 Å². The molecule has 4 aromatic rings. The Morgan fingerprint density at radius 3 is 2.35 bits per heavy atom. The molecule has 37 heavy (non-hydrogen) atoms. The van der Waals surface area contributed by atoms with Crippen LogP contribution in [0.5, 0.6) is 0 Å². The van der Waals surface area contributed by atoms with E-state index < -0.39 is 29.4 Å². The largest absolute Gasteiger partial charge is 0.469 e. The van der Waals surface area contributed by atoms with Crippen molar-refractivity contribution in [3.05, 3.63) is 95.7 Å². The molecule has 3 aromatic carbocycles. The lowest BCUT2D eigenvalue weighted by Gasteiger charge is -2.12. The van der Waals surface area contributed by atoms with Crippen LogP contribution in [-0.4, -0.2) is 31.9 Å². The van der Waals surface area contributed by atoms with Crippen LogP contribution >= 0.6 is 0 Å². The zero-order valence-electron chi connectivity index (χ0n) is 20.0. The molecule has 9 heteroatoms. The fraction of sp³-hybridized carbons (Fsp3) is 0.107. The van der Waals surface area contributed by atoms with E-state index in [2.05, 4.69) is 17.2 Å². The van der Waals surface area contributed by atoms with Gasteiger partial charge < -0.3 is 19.8 Å². The van der Waals surface area contributed by atoms with Gasteiger partial charge in [0.1, 0.15) is 23.0 Å². The second-order valence-corrected chi connectivity index (χ2v) is 8.02. The number of nitrogens with one attached hydrogen (secondary N) is 2. The Kier molecular flexibility index (Phi) is 7.15. The molecule has 0 atom stereocenters. The number of furan rings is 1. The molecule has 0 saturated carbocycles. The lowest BCUT2D eigenvalue weighted by molar-refractivity contribution is -0.139. The summed E-state index contributed by atoms with van der Waals surface area (Å²) >= 11 is 0. The molecule has 0 bridgehead atoms. The van der Waals surface area contributed by atoms with Gasteiger partial charge in [-0.2, -0.15) is 0 Å². The zero-order valence-corrected chi connectivity index (χ0v) is 20.0. The molecule has 2 N–H and O–H groups in total. The van der Waals surface area contributed by atoms with Crippen molar-refractivity contribution in [2.24, 2.45) is 0 Å². The van der Waals surface area contributed by atoms with Crippen LogP contribution in [0.15, 0.2) is 71.8 Å². The normalized spacial score (nSPS) is 10.7. The van der Waals surface area contributed by atoms with E-state index in [1.807, 2.05) is 0 Å². The Balaban J connectivity index is 2.01. The summed E-state index contributed by atoms with van der Waals surface area (Å²) in [4.78, 5) is 37.5. The van der Waals surface area contributed by atoms with Crippen molar-refractivity contribution in [3.63, 3.8) is 0 Å². The number of carbonyl (C=O) groups excluding carboxylic acids is 3. The average Bonchev–Trinajstić information content (AvgIpc) is 3.26. The number of rotatable bonds is 7. The highest BCUT2D eigenvalue weighted by atomic mass is 19.1. The van der Waals surface area contributed by atoms with Gasteiger partial charge in [-0.15, -0.1) is 0 Å². The summed E-state index contributed by atoms with van der Waals surface area (Å²) in [5, 5.41) is 5.33. The molecule has 188 valence electrons. The Bertz CT molecular complexity index is 1540. The zero-order chi connectivity index (χ0) is 26.7. The first kappa shape index (κ1) is 25.3. The van der Waals surface area contributed by atoms with Gasteiger partial charge in [-0.05, 0) is 71.4 Å². The molecule has 1 aromatic heterocycles. The van der Waals surface area contributed by atoms with E-state index in [-0.39, 0.29) is 23.3 Å². The highest BCUT2D eigenvalue weighted by Crippen LogP contribution is 2.38. The fourth-order valence-electron chi connectivity index (χ4n) is 4.02. The van der Waals surface area contributed by atoms with Crippen molar-refractivity contribution in [3.8, 4) is 22.5 Å². The molecule has 0 saturated heterocycles. The average molecular weight is 504 g/mol. The van der Waals surface area contributed by atoms with Gasteiger partial charge >= 0.3 is 5.97 Å². The van der Waals surface area contributed by atoms with Crippen LogP contribution in [0.3, 0.4) is 0 Å². The van der Waals surface area contributed by atoms with Crippen LogP contribution in [-0.2, 0) is 16.0 Å². The van der Waals surface area contributed by atoms with Crippen molar-refractivity contribution in [1.82, 2.24) is 10.6 Å². The van der Waals surface area contributed by atoms with E-state index in [1.54, 1.807) is 12.1 Å². The smallest absolute Gasteiger partial charge is 0.310 e. The molecule has 7 nitrogen and oxygen atoms in total.